The average Bonchev–Trinajstić information content (AvgIpc) is 2.49. The number of piperidine rings is 1. The van der Waals surface area contributed by atoms with Crippen molar-refractivity contribution >= 4 is 17.6 Å². The lowest BCUT2D eigenvalue weighted by atomic mass is 10.1. The van der Waals surface area contributed by atoms with Gasteiger partial charge in [0.1, 0.15) is 0 Å². The summed E-state index contributed by atoms with van der Waals surface area (Å²) in [6.07, 6.45) is 2.71. The van der Waals surface area contributed by atoms with Crippen LogP contribution in [0.5, 0.6) is 0 Å². The predicted molar refractivity (Wildman–Crippen MR) is 92.2 cm³/mol. The van der Waals surface area contributed by atoms with Crippen LogP contribution >= 0.6 is 0 Å². The predicted octanol–water partition coefficient (Wildman–Crippen LogP) is 3.37. The summed E-state index contributed by atoms with van der Waals surface area (Å²) in [5, 5.41) is 5.78. The fourth-order valence-corrected chi connectivity index (χ4v) is 2.54. The van der Waals surface area contributed by atoms with Gasteiger partial charge in [-0.15, -0.1) is 0 Å². The monoisotopic (exact) mass is 317 g/mol. The number of hydrogen-bond acceptors (Lipinski definition) is 2. The molecular weight excluding hydrogens is 290 g/mol. The minimum absolute atomic E-state index is 0.115. The Bertz CT molecular complexity index is 557. The van der Waals surface area contributed by atoms with Crippen molar-refractivity contribution in [1.29, 1.82) is 0 Å². The zero-order chi connectivity index (χ0) is 16.8. The van der Waals surface area contributed by atoms with E-state index in [9.17, 15) is 9.59 Å². The Balaban J connectivity index is 1.94. The van der Waals surface area contributed by atoms with Gasteiger partial charge in [0.05, 0.1) is 0 Å². The average molecular weight is 317 g/mol. The number of anilines is 1. The number of urea groups is 1. The molecule has 23 heavy (non-hydrogen) atoms. The van der Waals surface area contributed by atoms with Gasteiger partial charge >= 0.3 is 6.03 Å². The molecule has 1 heterocycles. The maximum atomic E-state index is 12.0. The third kappa shape index (κ3) is 5.27. The summed E-state index contributed by atoms with van der Waals surface area (Å²) in [6.45, 7) is 7.56. The van der Waals surface area contributed by atoms with Gasteiger partial charge in [0.2, 0.25) is 5.91 Å². The molecule has 1 saturated heterocycles. The topological polar surface area (TPSA) is 61.4 Å². The maximum absolute atomic E-state index is 12.0. The molecule has 0 aromatic heterocycles. The Morgan fingerprint density at radius 2 is 2.04 bits per heavy atom. The summed E-state index contributed by atoms with van der Waals surface area (Å²) in [5.41, 5.74) is 1.79. The number of nitrogens with one attached hydrogen (secondary N) is 2. The van der Waals surface area contributed by atoms with Crippen LogP contribution in [0.4, 0.5) is 10.5 Å². The van der Waals surface area contributed by atoms with E-state index in [2.05, 4.69) is 24.5 Å². The molecule has 1 aromatic rings. The summed E-state index contributed by atoms with van der Waals surface area (Å²) in [6, 6.07) is 7.61. The summed E-state index contributed by atoms with van der Waals surface area (Å²) >= 11 is 0. The first-order chi connectivity index (χ1) is 11.0. The number of carbonyl (C=O) groups excluding carboxylic acids is 2. The summed E-state index contributed by atoms with van der Waals surface area (Å²) in [5.74, 6) is 0.607. The maximum Gasteiger partial charge on any atom is 0.319 e. The van der Waals surface area contributed by atoms with Crippen molar-refractivity contribution in [2.24, 2.45) is 5.92 Å². The molecule has 0 aliphatic carbocycles. The number of carbonyl (C=O) groups is 2. The molecule has 5 nitrogen and oxygen atoms in total. The van der Waals surface area contributed by atoms with Crippen LogP contribution in [-0.4, -0.2) is 29.4 Å². The van der Waals surface area contributed by atoms with Crippen LogP contribution in [0.1, 0.15) is 45.6 Å². The highest BCUT2D eigenvalue weighted by Crippen LogP contribution is 2.17. The van der Waals surface area contributed by atoms with Crippen LogP contribution in [0.25, 0.3) is 0 Å². The van der Waals surface area contributed by atoms with E-state index < -0.39 is 0 Å². The van der Waals surface area contributed by atoms with E-state index in [1.54, 1.807) is 0 Å². The molecule has 1 aromatic carbocycles. The van der Waals surface area contributed by atoms with Crippen molar-refractivity contribution < 1.29 is 9.59 Å². The van der Waals surface area contributed by atoms with Gasteiger partial charge in [-0.3, -0.25) is 4.79 Å². The first-order valence-electron chi connectivity index (χ1n) is 8.40. The van der Waals surface area contributed by atoms with E-state index in [1.807, 2.05) is 36.1 Å². The minimum atomic E-state index is -0.197. The van der Waals surface area contributed by atoms with Crippen molar-refractivity contribution in [3.05, 3.63) is 29.8 Å². The SMILES string of the molecule is CC(C)C(C)NC(=O)Nc1cccc(CN2CCCCC2=O)c1. The van der Waals surface area contributed by atoms with Gasteiger partial charge in [-0.1, -0.05) is 26.0 Å². The van der Waals surface area contributed by atoms with Gasteiger partial charge in [-0.25, -0.2) is 4.79 Å². The molecule has 1 atom stereocenters. The van der Waals surface area contributed by atoms with Crippen LogP contribution in [0.3, 0.4) is 0 Å². The van der Waals surface area contributed by atoms with Gasteiger partial charge in [-0.05, 0) is 43.4 Å². The molecule has 2 rings (SSSR count). The van der Waals surface area contributed by atoms with Crippen LogP contribution in [-0.2, 0) is 11.3 Å². The van der Waals surface area contributed by atoms with Crippen molar-refractivity contribution in [2.45, 2.75) is 52.6 Å². The van der Waals surface area contributed by atoms with Crippen LogP contribution in [0.15, 0.2) is 24.3 Å². The number of rotatable bonds is 5. The molecule has 5 heteroatoms. The number of hydrogen-bond donors (Lipinski definition) is 2. The number of likely N-dealkylation sites (tertiary alicyclic amines) is 1. The number of benzene rings is 1. The van der Waals surface area contributed by atoms with Crippen molar-refractivity contribution in [1.82, 2.24) is 10.2 Å². The zero-order valence-corrected chi connectivity index (χ0v) is 14.3. The third-order valence-corrected chi connectivity index (χ3v) is 4.34. The minimum Gasteiger partial charge on any atom is -0.338 e. The summed E-state index contributed by atoms with van der Waals surface area (Å²) in [7, 11) is 0. The van der Waals surface area contributed by atoms with Gasteiger partial charge in [-0.2, -0.15) is 0 Å². The Morgan fingerprint density at radius 3 is 2.74 bits per heavy atom. The van der Waals surface area contributed by atoms with Gasteiger partial charge in [0, 0.05) is 31.2 Å². The zero-order valence-electron chi connectivity index (χ0n) is 14.3. The Hall–Kier alpha value is -2.04. The highest BCUT2D eigenvalue weighted by Gasteiger charge is 2.18. The lowest BCUT2D eigenvalue weighted by Gasteiger charge is -2.27. The van der Waals surface area contributed by atoms with Crippen LogP contribution < -0.4 is 10.6 Å². The van der Waals surface area contributed by atoms with E-state index in [0.717, 1.165) is 30.6 Å². The van der Waals surface area contributed by atoms with Gasteiger partial charge in [0.25, 0.3) is 0 Å². The Morgan fingerprint density at radius 1 is 1.26 bits per heavy atom. The molecule has 1 aliphatic heterocycles. The number of nitrogens with zero attached hydrogens (tertiary/aromatic N) is 1. The molecule has 0 saturated carbocycles. The molecule has 3 amide bonds. The van der Waals surface area contributed by atoms with E-state index in [0.29, 0.717) is 18.9 Å². The molecule has 0 radical (unpaired) electrons. The molecular formula is C18H27N3O2. The molecule has 1 unspecified atom stereocenters. The second-order valence-electron chi connectivity index (χ2n) is 6.60. The third-order valence-electron chi connectivity index (χ3n) is 4.34. The fraction of sp³-hybridized carbons (Fsp3) is 0.556. The quantitative estimate of drug-likeness (QED) is 0.874. The normalized spacial score (nSPS) is 16.3. The standard InChI is InChI=1S/C18H27N3O2/c1-13(2)14(3)19-18(23)20-16-8-6-7-15(11-16)12-21-10-5-4-9-17(21)22/h6-8,11,13-14H,4-5,9-10,12H2,1-3H3,(H2,19,20,23). The highest BCUT2D eigenvalue weighted by molar-refractivity contribution is 5.89. The lowest BCUT2D eigenvalue weighted by Crippen LogP contribution is -2.39. The number of amides is 3. The lowest BCUT2D eigenvalue weighted by molar-refractivity contribution is -0.133. The van der Waals surface area contributed by atoms with Gasteiger partial charge in [0.15, 0.2) is 0 Å². The first-order valence-corrected chi connectivity index (χ1v) is 8.40. The van der Waals surface area contributed by atoms with Crippen LogP contribution in [0, 0.1) is 5.92 Å². The smallest absolute Gasteiger partial charge is 0.319 e. The summed E-state index contributed by atoms with van der Waals surface area (Å²) < 4.78 is 0. The molecule has 2 N–H and O–H groups in total. The van der Waals surface area contributed by atoms with Crippen molar-refractivity contribution in [2.75, 3.05) is 11.9 Å². The van der Waals surface area contributed by atoms with Crippen LogP contribution in [0.2, 0.25) is 0 Å². The molecule has 0 spiro atoms. The largest absolute Gasteiger partial charge is 0.338 e. The van der Waals surface area contributed by atoms with Crippen molar-refractivity contribution in [3.63, 3.8) is 0 Å². The van der Waals surface area contributed by atoms with E-state index in [-0.39, 0.29) is 18.0 Å². The molecule has 1 aliphatic rings. The second kappa shape index (κ2) is 7.99. The second-order valence-corrected chi connectivity index (χ2v) is 6.60. The Labute approximate surface area is 138 Å². The molecule has 1 fully saturated rings. The fourth-order valence-electron chi connectivity index (χ4n) is 2.54. The molecule has 0 bridgehead atoms. The summed E-state index contributed by atoms with van der Waals surface area (Å²) in [4.78, 5) is 25.8. The van der Waals surface area contributed by atoms with Crippen molar-refractivity contribution in [3.8, 4) is 0 Å². The van der Waals surface area contributed by atoms with Gasteiger partial charge < -0.3 is 15.5 Å². The van der Waals surface area contributed by atoms with E-state index in [4.69, 9.17) is 0 Å². The van der Waals surface area contributed by atoms with E-state index in [1.165, 1.54) is 0 Å². The first kappa shape index (κ1) is 17.3. The molecule has 126 valence electrons. The Kier molecular flexibility index (Phi) is 6.02. The highest BCUT2D eigenvalue weighted by atomic mass is 16.2. The van der Waals surface area contributed by atoms with E-state index >= 15 is 0 Å².